The molecule has 2 saturated heterocycles. The van der Waals surface area contributed by atoms with Gasteiger partial charge < -0.3 is 9.16 Å². The summed E-state index contributed by atoms with van der Waals surface area (Å²) in [5.41, 5.74) is -0.577. The van der Waals surface area contributed by atoms with Gasteiger partial charge in [-0.25, -0.2) is 12.7 Å². The lowest BCUT2D eigenvalue weighted by atomic mass is 9.68. The summed E-state index contributed by atoms with van der Waals surface area (Å²) in [6, 6.07) is 0.749. The molecule has 1 spiro atoms. The van der Waals surface area contributed by atoms with E-state index in [9.17, 15) is 13.2 Å². The van der Waals surface area contributed by atoms with Gasteiger partial charge in [0.15, 0.2) is 8.32 Å². The first kappa shape index (κ1) is 23.1. The number of carbonyl (C=O) groups is 1. The second-order valence-electron chi connectivity index (χ2n) is 12.5. The summed E-state index contributed by atoms with van der Waals surface area (Å²) < 4.78 is 40.4. The normalized spacial score (nSPS) is 45.4. The number of sulfonamides is 1. The van der Waals surface area contributed by atoms with Gasteiger partial charge in [-0.1, -0.05) is 26.8 Å². The molecule has 0 aromatic heterocycles. The van der Waals surface area contributed by atoms with Crippen molar-refractivity contribution in [1.29, 1.82) is 0 Å². The number of rotatable bonds is 6. The summed E-state index contributed by atoms with van der Waals surface area (Å²) in [4.78, 5) is 13.8. The lowest BCUT2D eigenvalue weighted by molar-refractivity contribution is -0.136. The number of hydrogen-bond donors (Lipinski definition) is 0. The van der Waals surface area contributed by atoms with Crippen molar-refractivity contribution in [3.63, 3.8) is 0 Å². The van der Waals surface area contributed by atoms with Gasteiger partial charge in [-0.2, -0.15) is 0 Å². The van der Waals surface area contributed by atoms with E-state index in [1.54, 1.807) is 0 Å². The number of epoxide rings is 1. The highest BCUT2D eigenvalue weighted by Gasteiger charge is 2.73. The molecule has 0 aromatic carbocycles. The third-order valence-electron chi connectivity index (χ3n) is 10.0. The van der Waals surface area contributed by atoms with Crippen molar-refractivity contribution >= 4 is 24.2 Å². The van der Waals surface area contributed by atoms with E-state index in [0.29, 0.717) is 18.9 Å². The molecular formula is C24H39NO5SSi. The van der Waals surface area contributed by atoms with Gasteiger partial charge in [-0.05, 0) is 68.5 Å². The number of allylic oxidation sites excluding steroid dienone is 1. The van der Waals surface area contributed by atoms with E-state index in [1.807, 2.05) is 6.08 Å². The SMILES string of the molecule is C=CC[Si](C)(C)OC[C@]12C[C@H](C)[C@@H](C(=O)N3[C@H]4C[C@H]5CC[C@@]4(CS3(=O)=O)C5(C)C)C[C@H]1O2. The maximum Gasteiger partial charge on any atom is 0.239 e. The van der Waals surface area contributed by atoms with Gasteiger partial charge in [0.25, 0.3) is 0 Å². The molecule has 0 unspecified atom stereocenters. The Labute approximate surface area is 194 Å². The van der Waals surface area contributed by atoms with Crippen molar-refractivity contribution < 1.29 is 22.4 Å². The van der Waals surface area contributed by atoms with Crippen molar-refractivity contribution in [1.82, 2.24) is 4.31 Å². The predicted octanol–water partition coefficient (Wildman–Crippen LogP) is 3.94. The molecule has 2 aliphatic heterocycles. The zero-order valence-corrected chi connectivity index (χ0v) is 22.0. The number of nitrogens with zero attached hydrogens (tertiary/aromatic N) is 1. The maximum atomic E-state index is 13.8. The standard InChI is InChI=1S/C24H39NO5SSi/c1-7-10-32(5,6)29-14-24-13-16(2)18(12-20(24)30-24)21(26)25-19-11-17-8-9-23(19,22(17,3)4)15-31(25,27)28/h7,16-20H,1,8-15H2,2-6H3/t16-,17+,18-,19-,20+,23-,24+/m0/s1. The molecule has 2 heterocycles. The number of hydrogen-bond acceptors (Lipinski definition) is 5. The Morgan fingerprint density at radius 3 is 2.69 bits per heavy atom. The molecule has 7 atom stereocenters. The highest BCUT2D eigenvalue weighted by molar-refractivity contribution is 7.90. The lowest BCUT2D eigenvalue weighted by Gasteiger charge is -2.38. The van der Waals surface area contributed by atoms with Crippen LogP contribution in [0.1, 0.15) is 52.9 Å². The fourth-order valence-electron chi connectivity index (χ4n) is 7.84. The van der Waals surface area contributed by atoms with Gasteiger partial charge in [0.2, 0.25) is 15.9 Å². The molecule has 0 aromatic rings. The monoisotopic (exact) mass is 481 g/mol. The van der Waals surface area contributed by atoms with E-state index in [0.717, 1.165) is 31.7 Å². The van der Waals surface area contributed by atoms with Crippen LogP contribution < -0.4 is 0 Å². The summed E-state index contributed by atoms with van der Waals surface area (Å²) in [6.07, 6.45) is 6.13. The van der Waals surface area contributed by atoms with Gasteiger partial charge in [-0.15, -0.1) is 6.58 Å². The summed E-state index contributed by atoms with van der Waals surface area (Å²) in [6.45, 7) is 15.3. The van der Waals surface area contributed by atoms with E-state index in [2.05, 4.69) is 40.4 Å². The number of fused-ring (bicyclic) bond motifs is 2. The molecule has 1 amide bonds. The molecule has 6 nitrogen and oxygen atoms in total. The van der Waals surface area contributed by atoms with Gasteiger partial charge in [-0.3, -0.25) is 4.79 Å². The predicted molar refractivity (Wildman–Crippen MR) is 126 cm³/mol. The molecule has 3 saturated carbocycles. The fraction of sp³-hybridized carbons (Fsp3) is 0.875. The van der Waals surface area contributed by atoms with E-state index < -0.39 is 18.3 Å². The Balaban J connectivity index is 1.31. The highest BCUT2D eigenvalue weighted by atomic mass is 32.2. The molecule has 2 bridgehead atoms. The van der Waals surface area contributed by atoms with Crippen LogP contribution in [0, 0.1) is 28.6 Å². The molecule has 0 N–H and O–H groups in total. The van der Waals surface area contributed by atoms with Crippen molar-refractivity contribution in [2.75, 3.05) is 12.4 Å². The molecule has 5 aliphatic rings. The molecule has 5 fully saturated rings. The van der Waals surface area contributed by atoms with Crippen LogP contribution in [0.3, 0.4) is 0 Å². The Bertz CT molecular complexity index is 948. The molecule has 5 rings (SSSR count). The first-order valence-corrected chi connectivity index (χ1v) is 17.0. The molecule has 0 radical (unpaired) electrons. The molecule has 32 heavy (non-hydrogen) atoms. The van der Waals surface area contributed by atoms with Gasteiger partial charge in [0, 0.05) is 11.3 Å². The van der Waals surface area contributed by atoms with E-state index in [1.165, 1.54) is 4.31 Å². The van der Waals surface area contributed by atoms with Crippen LogP contribution in [0.25, 0.3) is 0 Å². The Morgan fingerprint density at radius 2 is 2.03 bits per heavy atom. The smallest absolute Gasteiger partial charge is 0.239 e. The molecule has 180 valence electrons. The highest BCUT2D eigenvalue weighted by Crippen LogP contribution is 2.70. The van der Waals surface area contributed by atoms with E-state index in [-0.39, 0.29) is 52.1 Å². The summed E-state index contributed by atoms with van der Waals surface area (Å²) in [5.74, 6) is 0.270. The quantitative estimate of drug-likeness (QED) is 0.326. The number of carbonyl (C=O) groups excluding carboxylic acids is 1. The van der Waals surface area contributed by atoms with Crippen LogP contribution in [0.5, 0.6) is 0 Å². The summed E-state index contributed by atoms with van der Waals surface area (Å²) in [7, 11) is -5.37. The van der Waals surface area contributed by atoms with Gasteiger partial charge in [0.05, 0.1) is 24.5 Å². The number of ether oxygens (including phenoxy) is 1. The lowest BCUT2D eigenvalue weighted by Crippen LogP contribution is -2.49. The Hall–Kier alpha value is -0.703. The maximum absolute atomic E-state index is 13.8. The van der Waals surface area contributed by atoms with Crippen molar-refractivity contribution in [3.05, 3.63) is 12.7 Å². The van der Waals surface area contributed by atoms with Crippen LogP contribution in [0.4, 0.5) is 0 Å². The largest absolute Gasteiger partial charge is 0.414 e. The first-order valence-electron chi connectivity index (χ1n) is 12.3. The second-order valence-corrected chi connectivity index (χ2v) is 18.6. The average Bonchev–Trinajstić information content (AvgIpc) is 3.18. The van der Waals surface area contributed by atoms with Gasteiger partial charge >= 0.3 is 0 Å². The first-order chi connectivity index (χ1) is 14.8. The third-order valence-corrected chi connectivity index (χ3v) is 14.1. The van der Waals surface area contributed by atoms with Crippen LogP contribution in [0.2, 0.25) is 19.1 Å². The fourth-order valence-corrected chi connectivity index (χ4v) is 11.9. The van der Waals surface area contributed by atoms with Gasteiger partial charge in [0.1, 0.15) is 5.60 Å². The zero-order chi connectivity index (χ0) is 23.3. The van der Waals surface area contributed by atoms with Crippen molar-refractivity contribution in [3.8, 4) is 0 Å². The molecule has 8 heteroatoms. The minimum absolute atomic E-state index is 0.00285. The Morgan fingerprint density at radius 1 is 1.31 bits per heavy atom. The zero-order valence-electron chi connectivity index (χ0n) is 20.2. The topological polar surface area (TPSA) is 76.2 Å². The number of amides is 1. The molecular weight excluding hydrogens is 442 g/mol. The summed E-state index contributed by atoms with van der Waals surface area (Å²) in [5, 5.41) is 0. The van der Waals surface area contributed by atoms with Crippen LogP contribution >= 0.6 is 0 Å². The summed E-state index contributed by atoms with van der Waals surface area (Å²) >= 11 is 0. The minimum atomic E-state index is -3.57. The molecule has 3 aliphatic carbocycles. The van der Waals surface area contributed by atoms with Crippen molar-refractivity contribution in [2.24, 2.45) is 28.6 Å². The Kier molecular flexibility index (Phi) is 4.99. The minimum Gasteiger partial charge on any atom is -0.414 e. The third kappa shape index (κ3) is 3.08. The van der Waals surface area contributed by atoms with Crippen LogP contribution in [0.15, 0.2) is 12.7 Å². The second kappa shape index (κ2) is 6.92. The van der Waals surface area contributed by atoms with E-state index in [4.69, 9.17) is 9.16 Å². The van der Waals surface area contributed by atoms with E-state index >= 15 is 0 Å². The van der Waals surface area contributed by atoms with Crippen molar-refractivity contribution in [2.45, 2.75) is 89.8 Å². The van der Waals surface area contributed by atoms with Crippen LogP contribution in [-0.4, -0.2) is 57.1 Å². The average molecular weight is 482 g/mol. The van der Waals surface area contributed by atoms with Crippen LogP contribution in [-0.2, 0) is 24.0 Å².